The second-order valence-electron chi connectivity index (χ2n) is 15.4. The van der Waals surface area contributed by atoms with Crippen LogP contribution in [0.3, 0.4) is 0 Å². The van der Waals surface area contributed by atoms with Gasteiger partial charge in [0, 0.05) is 32.8 Å². The third-order valence-corrected chi connectivity index (χ3v) is 12.1. The van der Waals surface area contributed by atoms with Gasteiger partial charge in [-0.05, 0) is 104 Å². The summed E-state index contributed by atoms with van der Waals surface area (Å²) in [5.74, 6) is 0.823. The van der Waals surface area contributed by atoms with Crippen molar-refractivity contribution >= 4 is 49.1 Å². The van der Waals surface area contributed by atoms with E-state index in [1.807, 2.05) is 0 Å². The van der Waals surface area contributed by atoms with Crippen molar-refractivity contribution in [1.82, 2.24) is 19.2 Å². The number of aromatic nitrogens is 4. The van der Waals surface area contributed by atoms with E-state index in [1.54, 1.807) is 0 Å². The van der Waals surface area contributed by atoms with Gasteiger partial charge < -0.3 is 4.57 Å². The third kappa shape index (κ3) is 5.39. The molecular formula is C56H36N4. The van der Waals surface area contributed by atoms with E-state index in [1.165, 1.54) is 66.1 Å². The first-order chi connectivity index (χ1) is 29.8. The van der Waals surface area contributed by atoms with Crippen molar-refractivity contribution in [3.63, 3.8) is 0 Å². The SMILES string of the molecule is c1ccc(-c2ccccc2-c2ccc3c(c2)c2cc(-c4ccccc4-c4ccccc4)ccc2n3-c2ccc(-c3nnc4c5ccccc5c5ccccc5n34)cc2)cc1. The lowest BCUT2D eigenvalue weighted by atomic mass is 9.92. The first kappa shape index (κ1) is 34.0. The number of rotatable bonds is 6. The first-order valence-corrected chi connectivity index (χ1v) is 20.4. The van der Waals surface area contributed by atoms with Gasteiger partial charge in [-0.1, -0.05) is 164 Å². The zero-order valence-corrected chi connectivity index (χ0v) is 32.6. The molecule has 0 aliphatic rings. The Hall–Kier alpha value is -8.08. The maximum absolute atomic E-state index is 4.80. The Balaban J connectivity index is 1.05. The number of hydrogen-bond acceptors (Lipinski definition) is 2. The van der Waals surface area contributed by atoms with Crippen LogP contribution in [0.15, 0.2) is 218 Å². The fraction of sp³-hybridized carbons (Fsp3) is 0. The zero-order valence-electron chi connectivity index (χ0n) is 32.6. The average molecular weight is 765 g/mol. The van der Waals surface area contributed by atoms with E-state index in [-0.39, 0.29) is 0 Å². The zero-order chi connectivity index (χ0) is 39.6. The van der Waals surface area contributed by atoms with E-state index in [0.717, 1.165) is 44.7 Å². The summed E-state index contributed by atoms with van der Waals surface area (Å²) in [6, 6.07) is 78.5. The van der Waals surface area contributed by atoms with Crippen LogP contribution in [-0.2, 0) is 0 Å². The first-order valence-electron chi connectivity index (χ1n) is 20.4. The number of hydrogen-bond donors (Lipinski definition) is 0. The quantitative estimate of drug-likeness (QED) is 0.158. The minimum Gasteiger partial charge on any atom is -0.309 e. The van der Waals surface area contributed by atoms with Crippen molar-refractivity contribution in [2.24, 2.45) is 0 Å². The second-order valence-corrected chi connectivity index (χ2v) is 15.4. The molecule has 0 N–H and O–H groups in total. The summed E-state index contributed by atoms with van der Waals surface area (Å²) in [4.78, 5) is 0. The lowest BCUT2D eigenvalue weighted by molar-refractivity contribution is 1.11. The molecule has 3 aromatic heterocycles. The Morgan fingerprint density at radius 2 is 0.733 bits per heavy atom. The van der Waals surface area contributed by atoms with Crippen LogP contribution in [0.5, 0.6) is 0 Å². The monoisotopic (exact) mass is 764 g/mol. The van der Waals surface area contributed by atoms with Crippen LogP contribution in [-0.4, -0.2) is 19.2 Å². The maximum atomic E-state index is 4.80. The van der Waals surface area contributed by atoms with Crippen LogP contribution in [0.2, 0.25) is 0 Å². The number of nitrogens with zero attached hydrogens (tertiary/aromatic N) is 4. The van der Waals surface area contributed by atoms with E-state index in [4.69, 9.17) is 10.2 Å². The molecule has 0 amide bonds. The van der Waals surface area contributed by atoms with Crippen molar-refractivity contribution in [3.05, 3.63) is 218 Å². The van der Waals surface area contributed by atoms with Crippen molar-refractivity contribution in [2.45, 2.75) is 0 Å². The minimum atomic E-state index is 0.823. The van der Waals surface area contributed by atoms with Crippen molar-refractivity contribution < 1.29 is 0 Å². The van der Waals surface area contributed by atoms with Gasteiger partial charge in [0.1, 0.15) is 0 Å². The Morgan fingerprint density at radius 1 is 0.283 bits per heavy atom. The summed E-state index contributed by atoms with van der Waals surface area (Å²) >= 11 is 0. The van der Waals surface area contributed by atoms with Gasteiger partial charge in [-0.3, -0.25) is 4.40 Å². The van der Waals surface area contributed by atoms with Gasteiger partial charge in [-0.2, -0.15) is 0 Å². The van der Waals surface area contributed by atoms with E-state index in [9.17, 15) is 0 Å². The molecule has 0 saturated heterocycles. The summed E-state index contributed by atoms with van der Waals surface area (Å²) in [7, 11) is 0. The predicted molar refractivity (Wildman–Crippen MR) is 250 cm³/mol. The molecule has 60 heavy (non-hydrogen) atoms. The molecule has 0 unspecified atom stereocenters. The van der Waals surface area contributed by atoms with Crippen molar-refractivity contribution in [1.29, 1.82) is 0 Å². The number of para-hydroxylation sites is 1. The molecule has 0 atom stereocenters. The molecule has 4 nitrogen and oxygen atoms in total. The summed E-state index contributed by atoms with van der Waals surface area (Å²) in [5, 5.41) is 15.4. The molecular weight excluding hydrogens is 729 g/mol. The molecule has 0 aliphatic heterocycles. The summed E-state index contributed by atoms with van der Waals surface area (Å²) in [5.41, 5.74) is 16.0. The lowest BCUT2D eigenvalue weighted by Crippen LogP contribution is -1.96. The van der Waals surface area contributed by atoms with E-state index >= 15 is 0 Å². The highest BCUT2D eigenvalue weighted by atomic mass is 15.2. The second kappa shape index (κ2) is 13.8. The Morgan fingerprint density at radius 3 is 1.30 bits per heavy atom. The van der Waals surface area contributed by atoms with E-state index in [0.29, 0.717) is 0 Å². The van der Waals surface area contributed by atoms with Gasteiger partial charge >= 0.3 is 0 Å². The number of pyridine rings is 1. The molecule has 0 spiro atoms. The third-order valence-electron chi connectivity index (χ3n) is 12.1. The van der Waals surface area contributed by atoms with Gasteiger partial charge in [0.2, 0.25) is 0 Å². The lowest BCUT2D eigenvalue weighted by Gasteiger charge is -2.12. The molecule has 12 rings (SSSR count). The van der Waals surface area contributed by atoms with Gasteiger partial charge in [-0.25, -0.2) is 0 Å². The average Bonchev–Trinajstić information content (AvgIpc) is 3.92. The molecule has 9 aromatic carbocycles. The molecule has 0 fully saturated rings. The molecule has 0 radical (unpaired) electrons. The molecule has 0 bridgehead atoms. The topological polar surface area (TPSA) is 35.1 Å². The minimum absolute atomic E-state index is 0.823. The van der Waals surface area contributed by atoms with Crippen molar-refractivity contribution in [2.75, 3.05) is 0 Å². The molecule has 0 aliphatic carbocycles. The number of fused-ring (bicyclic) bond motifs is 9. The van der Waals surface area contributed by atoms with Crippen LogP contribution in [0.1, 0.15) is 0 Å². The highest BCUT2D eigenvalue weighted by molar-refractivity contribution is 6.13. The van der Waals surface area contributed by atoms with Gasteiger partial charge in [0.15, 0.2) is 11.5 Å². The molecule has 3 heterocycles. The van der Waals surface area contributed by atoms with Gasteiger partial charge in [0.05, 0.1) is 16.6 Å². The van der Waals surface area contributed by atoms with Crippen LogP contribution in [0.25, 0.3) is 111 Å². The predicted octanol–water partition coefficient (Wildman–Crippen LogP) is 14.5. The van der Waals surface area contributed by atoms with Gasteiger partial charge in [-0.15, -0.1) is 10.2 Å². The maximum Gasteiger partial charge on any atom is 0.169 e. The van der Waals surface area contributed by atoms with Crippen LogP contribution in [0, 0.1) is 0 Å². The fourth-order valence-corrected chi connectivity index (χ4v) is 9.29. The van der Waals surface area contributed by atoms with Crippen LogP contribution >= 0.6 is 0 Å². The Kier molecular flexibility index (Phi) is 7.82. The molecule has 280 valence electrons. The highest BCUT2D eigenvalue weighted by Gasteiger charge is 2.19. The molecule has 0 saturated carbocycles. The van der Waals surface area contributed by atoms with E-state index < -0.39 is 0 Å². The highest BCUT2D eigenvalue weighted by Crippen LogP contribution is 2.41. The molecule has 4 heteroatoms. The van der Waals surface area contributed by atoms with Crippen molar-refractivity contribution in [3.8, 4) is 61.6 Å². The van der Waals surface area contributed by atoms with Crippen LogP contribution in [0.4, 0.5) is 0 Å². The Labute approximate surface area is 346 Å². The number of benzene rings is 9. The van der Waals surface area contributed by atoms with E-state index in [2.05, 4.69) is 227 Å². The summed E-state index contributed by atoms with van der Waals surface area (Å²) in [6.45, 7) is 0. The fourth-order valence-electron chi connectivity index (χ4n) is 9.29. The smallest absolute Gasteiger partial charge is 0.169 e. The van der Waals surface area contributed by atoms with Gasteiger partial charge in [0.25, 0.3) is 0 Å². The molecule has 12 aromatic rings. The standard InChI is InChI=1S/C56H36N4/c1-3-15-37(16-4-1)43-19-7-9-21-45(43)40-29-33-53-50(35-40)51-36-41(46-22-10-8-20-44(46)38-17-5-2-6-18-38)30-34-54(51)59(53)42-31-27-39(28-32-42)55-57-58-56-49-25-12-11-23-47(49)48-24-13-14-26-52(48)60(55)56/h1-36H. The Bertz CT molecular complexity index is 3440. The largest absolute Gasteiger partial charge is 0.309 e. The van der Waals surface area contributed by atoms with Crippen LogP contribution < -0.4 is 0 Å². The summed E-state index contributed by atoms with van der Waals surface area (Å²) < 4.78 is 4.61. The normalized spacial score (nSPS) is 11.7. The summed E-state index contributed by atoms with van der Waals surface area (Å²) in [6.07, 6.45) is 0.